The van der Waals surface area contributed by atoms with Crippen molar-refractivity contribution in [2.24, 2.45) is 5.73 Å². The molecule has 0 saturated heterocycles. The van der Waals surface area contributed by atoms with E-state index in [2.05, 4.69) is 10.6 Å². The van der Waals surface area contributed by atoms with E-state index in [-0.39, 0.29) is 34.8 Å². The van der Waals surface area contributed by atoms with Gasteiger partial charge in [0.05, 0.1) is 16.8 Å². The van der Waals surface area contributed by atoms with Crippen LogP contribution in [-0.2, 0) is 9.59 Å². The number of benzene rings is 1. The zero-order chi connectivity index (χ0) is 23.4. The Morgan fingerprint density at radius 3 is 2.27 bits per heavy atom. The Labute approximate surface area is 199 Å². The highest BCUT2D eigenvalue weighted by Gasteiger charge is 2.29. The highest BCUT2D eigenvalue weighted by molar-refractivity contribution is 6.32. The lowest BCUT2D eigenvalue weighted by molar-refractivity contribution is -0.119. The number of hydrogen-bond acceptors (Lipinski definition) is 4. The molecular formula is C25H33ClFN3O3. The predicted octanol–water partition coefficient (Wildman–Crippen LogP) is 5.00. The number of halogens is 2. The van der Waals surface area contributed by atoms with Gasteiger partial charge >= 0.3 is 0 Å². The van der Waals surface area contributed by atoms with Crippen LogP contribution in [0.25, 0.3) is 0 Å². The summed E-state index contributed by atoms with van der Waals surface area (Å²) in [4.78, 5) is 26.1. The number of rotatable bonds is 6. The Balaban J connectivity index is 1.50. The Bertz CT molecular complexity index is 930. The number of anilines is 1. The topological polar surface area (TPSA) is 93.5 Å². The molecule has 1 aromatic rings. The number of ether oxygens (including phenoxy) is 1. The molecule has 0 aromatic heterocycles. The minimum atomic E-state index is -0.636. The maximum absolute atomic E-state index is 14.6. The molecule has 2 saturated carbocycles. The van der Waals surface area contributed by atoms with Gasteiger partial charge < -0.3 is 21.1 Å². The van der Waals surface area contributed by atoms with Gasteiger partial charge in [0.2, 0.25) is 5.91 Å². The number of amides is 2. The Morgan fingerprint density at radius 2 is 1.58 bits per heavy atom. The number of hydrogen-bond donors (Lipinski definition) is 3. The molecule has 8 heteroatoms. The largest absolute Gasteiger partial charge is 0.489 e. The summed E-state index contributed by atoms with van der Waals surface area (Å²) in [5, 5.41) is 5.88. The van der Waals surface area contributed by atoms with E-state index < -0.39 is 11.7 Å². The monoisotopic (exact) mass is 477 g/mol. The van der Waals surface area contributed by atoms with Crippen LogP contribution in [0.15, 0.2) is 23.3 Å². The van der Waals surface area contributed by atoms with Gasteiger partial charge in [0.1, 0.15) is 11.6 Å². The van der Waals surface area contributed by atoms with Crippen molar-refractivity contribution in [3.05, 3.63) is 34.1 Å². The number of carbonyl (C=O) groups excluding carboxylic acids is 2. The van der Waals surface area contributed by atoms with Crippen LogP contribution >= 0.6 is 11.6 Å². The lowest BCUT2D eigenvalue weighted by Crippen LogP contribution is -2.50. The van der Waals surface area contributed by atoms with E-state index in [1.165, 1.54) is 6.07 Å². The Hall–Kier alpha value is -2.12. The molecule has 4 N–H and O–H groups in total. The highest BCUT2D eigenvalue weighted by Crippen LogP contribution is 2.35. The lowest BCUT2D eigenvalue weighted by atomic mass is 9.88. The van der Waals surface area contributed by atoms with Gasteiger partial charge in [-0.1, -0.05) is 24.4 Å². The molecule has 4 rings (SSSR count). The van der Waals surface area contributed by atoms with Crippen LogP contribution in [0.1, 0.15) is 77.0 Å². The van der Waals surface area contributed by atoms with E-state index in [1.54, 1.807) is 0 Å². The van der Waals surface area contributed by atoms with Gasteiger partial charge in [0.25, 0.3) is 5.91 Å². The molecule has 0 aliphatic heterocycles. The molecular weight excluding hydrogens is 445 g/mol. The van der Waals surface area contributed by atoms with Crippen LogP contribution in [0, 0.1) is 5.82 Å². The minimum absolute atomic E-state index is 0.00420. The zero-order valence-corrected chi connectivity index (χ0v) is 19.7. The molecule has 33 heavy (non-hydrogen) atoms. The smallest absolute Gasteiger partial charge is 0.252 e. The highest BCUT2D eigenvalue weighted by atomic mass is 35.5. The van der Waals surface area contributed by atoms with Crippen molar-refractivity contribution in [2.75, 3.05) is 5.32 Å². The molecule has 6 nitrogen and oxygen atoms in total. The molecule has 2 fully saturated rings. The minimum Gasteiger partial charge on any atom is -0.489 e. The molecule has 0 heterocycles. The number of nitrogens with one attached hydrogen (secondary N) is 2. The van der Waals surface area contributed by atoms with Crippen molar-refractivity contribution in [3.8, 4) is 5.75 Å². The third kappa shape index (κ3) is 5.87. The first kappa shape index (κ1) is 24.0. The van der Waals surface area contributed by atoms with Gasteiger partial charge in [-0.15, -0.1) is 0 Å². The molecule has 2 amide bonds. The predicted molar refractivity (Wildman–Crippen MR) is 127 cm³/mol. The van der Waals surface area contributed by atoms with Crippen molar-refractivity contribution in [1.29, 1.82) is 0 Å². The molecule has 0 radical (unpaired) electrons. The summed E-state index contributed by atoms with van der Waals surface area (Å²) in [6.07, 6.45) is 10.6. The van der Waals surface area contributed by atoms with Crippen LogP contribution in [0.3, 0.4) is 0 Å². The average Bonchev–Trinajstić information content (AvgIpc) is 3.31. The molecule has 1 aromatic carbocycles. The van der Waals surface area contributed by atoms with Gasteiger partial charge in [-0.05, 0) is 70.3 Å². The van der Waals surface area contributed by atoms with E-state index in [0.29, 0.717) is 29.7 Å². The van der Waals surface area contributed by atoms with E-state index in [9.17, 15) is 14.0 Å². The van der Waals surface area contributed by atoms with Crippen molar-refractivity contribution < 1.29 is 18.7 Å². The maximum Gasteiger partial charge on any atom is 0.252 e. The third-order valence-electron chi connectivity index (χ3n) is 7.02. The average molecular weight is 478 g/mol. The summed E-state index contributed by atoms with van der Waals surface area (Å²) >= 11 is 6.18. The summed E-state index contributed by atoms with van der Waals surface area (Å²) in [6, 6.07) is 2.46. The molecule has 0 spiro atoms. The summed E-state index contributed by atoms with van der Waals surface area (Å²) in [5.74, 6) is -0.963. The van der Waals surface area contributed by atoms with Gasteiger partial charge in [-0.2, -0.15) is 0 Å². The van der Waals surface area contributed by atoms with Crippen LogP contribution in [-0.4, -0.2) is 30.0 Å². The van der Waals surface area contributed by atoms with Gasteiger partial charge in [-0.25, -0.2) is 4.39 Å². The quantitative estimate of drug-likeness (QED) is 0.537. The zero-order valence-electron chi connectivity index (χ0n) is 18.9. The van der Waals surface area contributed by atoms with E-state index in [0.717, 1.165) is 70.3 Å². The number of nitrogens with two attached hydrogens (primary N) is 1. The third-order valence-corrected chi connectivity index (χ3v) is 7.31. The van der Waals surface area contributed by atoms with Crippen molar-refractivity contribution in [1.82, 2.24) is 5.32 Å². The van der Waals surface area contributed by atoms with E-state index in [1.807, 2.05) is 0 Å². The Morgan fingerprint density at radius 1 is 0.939 bits per heavy atom. The SMILES string of the molecule is NC1CCCCC1NC(=O)C1=C(C(=O)Nc2cc(OC3CCCC3)c(Cl)cc2F)CCCC1. The molecule has 0 bridgehead atoms. The molecule has 2 unspecified atom stereocenters. The summed E-state index contributed by atoms with van der Waals surface area (Å²) in [6.45, 7) is 0. The van der Waals surface area contributed by atoms with Crippen molar-refractivity contribution in [3.63, 3.8) is 0 Å². The van der Waals surface area contributed by atoms with E-state index in [4.69, 9.17) is 22.1 Å². The second kappa shape index (κ2) is 10.9. The molecule has 2 atom stereocenters. The van der Waals surface area contributed by atoms with Crippen LogP contribution < -0.4 is 21.1 Å². The first-order valence-electron chi connectivity index (χ1n) is 12.2. The van der Waals surface area contributed by atoms with Gasteiger partial charge in [-0.3, -0.25) is 9.59 Å². The fraction of sp³-hybridized carbons (Fsp3) is 0.600. The van der Waals surface area contributed by atoms with Crippen LogP contribution in [0.2, 0.25) is 5.02 Å². The normalized spacial score (nSPS) is 24.0. The van der Waals surface area contributed by atoms with Crippen LogP contribution in [0.4, 0.5) is 10.1 Å². The van der Waals surface area contributed by atoms with Crippen molar-refractivity contribution in [2.45, 2.75) is 95.2 Å². The fourth-order valence-corrected chi connectivity index (χ4v) is 5.29. The van der Waals surface area contributed by atoms with Gasteiger partial charge in [0.15, 0.2) is 0 Å². The summed E-state index contributed by atoms with van der Waals surface area (Å²) in [5.41, 5.74) is 7.08. The number of carbonyl (C=O) groups is 2. The van der Waals surface area contributed by atoms with Crippen LogP contribution in [0.5, 0.6) is 5.75 Å². The van der Waals surface area contributed by atoms with E-state index >= 15 is 0 Å². The summed E-state index contributed by atoms with van der Waals surface area (Å²) in [7, 11) is 0. The van der Waals surface area contributed by atoms with Crippen molar-refractivity contribution >= 4 is 29.1 Å². The maximum atomic E-state index is 14.6. The molecule has 180 valence electrons. The standard InChI is InChI=1S/C25H33ClFN3O3/c26-18-13-19(27)22(14-23(18)33-15-7-1-2-8-15)30-25(32)17-10-4-3-9-16(17)24(31)29-21-12-6-5-11-20(21)28/h13-15,20-21H,1-12,28H2,(H,29,31)(H,30,32). The first-order chi connectivity index (χ1) is 15.9. The molecule has 3 aliphatic carbocycles. The summed E-state index contributed by atoms with van der Waals surface area (Å²) < 4.78 is 20.6. The Kier molecular flexibility index (Phi) is 7.91. The second-order valence-corrected chi connectivity index (χ2v) is 9.84. The fourth-order valence-electron chi connectivity index (χ4n) is 5.10. The first-order valence-corrected chi connectivity index (χ1v) is 12.6. The molecule has 3 aliphatic rings. The van der Waals surface area contributed by atoms with Gasteiger partial charge in [0, 0.05) is 29.3 Å². The second-order valence-electron chi connectivity index (χ2n) is 9.43. The lowest BCUT2D eigenvalue weighted by Gasteiger charge is -2.30.